The van der Waals surface area contributed by atoms with Gasteiger partial charge in [-0.25, -0.2) is 0 Å². The highest BCUT2D eigenvalue weighted by atomic mass is 16.4. The van der Waals surface area contributed by atoms with E-state index in [-0.39, 0.29) is 5.92 Å². The smallest absolute Gasteiger partial charge is 0.310 e. The van der Waals surface area contributed by atoms with Gasteiger partial charge in [-0.2, -0.15) is 0 Å². The molecular weight excluding hydrogens is 376 g/mol. The van der Waals surface area contributed by atoms with Crippen LogP contribution >= 0.6 is 0 Å². The van der Waals surface area contributed by atoms with Crippen LogP contribution in [0, 0.1) is 34.0 Å². The van der Waals surface area contributed by atoms with Crippen molar-refractivity contribution in [3.8, 4) is 0 Å². The molecule has 0 amide bonds. The van der Waals surface area contributed by atoms with E-state index in [1.165, 1.54) is 0 Å². The minimum absolute atomic E-state index is 0.0939. The highest BCUT2D eigenvalue weighted by molar-refractivity contribution is 5.83. The van der Waals surface area contributed by atoms with Gasteiger partial charge in [-0.05, 0) is 49.4 Å². The second-order valence-electron chi connectivity index (χ2n) is 10.7. The molecule has 176 valence electrons. The van der Waals surface area contributed by atoms with E-state index in [0.29, 0.717) is 24.7 Å². The van der Waals surface area contributed by atoms with Crippen molar-refractivity contribution in [1.82, 2.24) is 0 Å². The largest absolute Gasteiger partial charge is 0.481 e. The Kier molecular flexibility index (Phi) is 9.89. The molecular formula is C26H48O4. The van der Waals surface area contributed by atoms with Crippen LogP contribution in [0.1, 0.15) is 119 Å². The van der Waals surface area contributed by atoms with Crippen LogP contribution < -0.4 is 0 Å². The molecule has 0 spiro atoms. The van der Waals surface area contributed by atoms with E-state index in [0.717, 1.165) is 57.8 Å². The van der Waals surface area contributed by atoms with Crippen molar-refractivity contribution in [2.75, 3.05) is 0 Å². The molecule has 1 saturated carbocycles. The van der Waals surface area contributed by atoms with Crippen molar-refractivity contribution in [3.63, 3.8) is 0 Å². The molecule has 0 aromatic rings. The van der Waals surface area contributed by atoms with Gasteiger partial charge in [0.05, 0.1) is 10.8 Å². The number of carbonyl (C=O) groups is 2. The van der Waals surface area contributed by atoms with Gasteiger partial charge >= 0.3 is 11.9 Å². The number of hydrogen-bond donors (Lipinski definition) is 2. The van der Waals surface area contributed by atoms with E-state index in [2.05, 4.69) is 27.7 Å². The third kappa shape index (κ3) is 4.88. The summed E-state index contributed by atoms with van der Waals surface area (Å²) in [5, 5.41) is 20.9. The summed E-state index contributed by atoms with van der Waals surface area (Å²) >= 11 is 0. The molecule has 0 aromatic carbocycles. The predicted molar refractivity (Wildman–Crippen MR) is 124 cm³/mol. The number of hydrogen-bond acceptors (Lipinski definition) is 2. The molecule has 0 heterocycles. The van der Waals surface area contributed by atoms with Crippen molar-refractivity contribution in [2.24, 2.45) is 34.0 Å². The van der Waals surface area contributed by atoms with Gasteiger partial charge in [-0.1, -0.05) is 92.9 Å². The molecule has 1 aliphatic carbocycles. The highest BCUT2D eigenvalue weighted by Gasteiger charge is 2.71. The van der Waals surface area contributed by atoms with Crippen molar-refractivity contribution >= 4 is 11.9 Å². The lowest BCUT2D eigenvalue weighted by Gasteiger charge is -2.48. The topological polar surface area (TPSA) is 74.6 Å². The van der Waals surface area contributed by atoms with E-state index in [9.17, 15) is 19.8 Å². The zero-order chi connectivity index (χ0) is 23.2. The zero-order valence-electron chi connectivity index (χ0n) is 20.7. The summed E-state index contributed by atoms with van der Waals surface area (Å²) in [6, 6.07) is 0. The molecule has 4 heteroatoms. The van der Waals surface area contributed by atoms with Crippen molar-refractivity contribution in [1.29, 1.82) is 0 Å². The van der Waals surface area contributed by atoms with Gasteiger partial charge in [-0.15, -0.1) is 0 Å². The Bertz CT molecular complexity index is 569. The molecule has 4 nitrogen and oxygen atoms in total. The first-order valence-corrected chi connectivity index (χ1v) is 12.4. The summed E-state index contributed by atoms with van der Waals surface area (Å²) in [5.74, 6) is -0.916. The third-order valence-corrected chi connectivity index (χ3v) is 9.02. The average molecular weight is 425 g/mol. The minimum atomic E-state index is -1.03. The van der Waals surface area contributed by atoms with Gasteiger partial charge in [0, 0.05) is 0 Å². The zero-order valence-corrected chi connectivity index (χ0v) is 20.7. The maximum Gasteiger partial charge on any atom is 0.310 e. The standard InChI is InChI=1S/C26H48O4/c1-8-12-14-19(10-3)16-21-18-25(7,22(27)28)24(5,6)26(21,23(29)30)17-20(11-4)15-13-9-2/h19-21H,8-18H2,1-7H3,(H,27,28)(H,29,30). The number of carboxylic acids is 2. The van der Waals surface area contributed by atoms with Crippen molar-refractivity contribution in [3.05, 3.63) is 0 Å². The molecule has 0 aliphatic heterocycles. The van der Waals surface area contributed by atoms with E-state index in [1.807, 2.05) is 13.8 Å². The molecule has 1 fully saturated rings. The Balaban J connectivity index is 3.48. The molecule has 2 N–H and O–H groups in total. The van der Waals surface area contributed by atoms with Crippen LogP contribution in [0.5, 0.6) is 0 Å². The van der Waals surface area contributed by atoms with Crippen LogP contribution in [-0.4, -0.2) is 22.2 Å². The molecule has 30 heavy (non-hydrogen) atoms. The summed E-state index contributed by atoms with van der Waals surface area (Å²) in [5.41, 5.74) is -2.83. The van der Waals surface area contributed by atoms with E-state index >= 15 is 0 Å². The fourth-order valence-corrected chi connectivity index (χ4v) is 6.30. The molecule has 5 unspecified atom stereocenters. The molecule has 5 atom stereocenters. The SMILES string of the molecule is CCCCC(CC)CC1CC(C)(C(=O)O)C(C)(C)C1(CC(CC)CCCC)C(=O)O. The van der Waals surface area contributed by atoms with Crippen LogP contribution in [0.25, 0.3) is 0 Å². The lowest BCUT2D eigenvalue weighted by atomic mass is 9.54. The van der Waals surface area contributed by atoms with Gasteiger partial charge in [0.25, 0.3) is 0 Å². The first kappa shape index (κ1) is 27.0. The Morgan fingerprint density at radius 3 is 1.77 bits per heavy atom. The third-order valence-electron chi connectivity index (χ3n) is 9.02. The monoisotopic (exact) mass is 424 g/mol. The van der Waals surface area contributed by atoms with Crippen LogP contribution in [0.15, 0.2) is 0 Å². The Hall–Kier alpha value is -1.06. The second-order valence-corrected chi connectivity index (χ2v) is 10.7. The maximum atomic E-state index is 13.1. The lowest BCUT2D eigenvalue weighted by Crippen LogP contribution is -2.52. The second kappa shape index (κ2) is 11.0. The van der Waals surface area contributed by atoms with E-state index in [4.69, 9.17) is 0 Å². The quantitative estimate of drug-likeness (QED) is 0.304. The number of aliphatic carboxylic acids is 2. The Morgan fingerprint density at radius 1 is 0.867 bits per heavy atom. The summed E-state index contributed by atoms with van der Waals surface area (Å²) in [6.07, 6.45) is 10.5. The molecule has 1 rings (SSSR count). The summed E-state index contributed by atoms with van der Waals surface area (Å²) < 4.78 is 0. The molecule has 1 aliphatic rings. The number of rotatable bonds is 14. The molecule has 0 aromatic heterocycles. The summed E-state index contributed by atoms with van der Waals surface area (Å²) in [6.45, 7) is 14.3. The first-order chi connectivity index (χ1) is 14.0. The Labute approximate surface area is 185 Å². The summed E-state index contributed by atoms with van der Waals surface area (Å²) in [4.78, 5) is 25.5. The lowest BCUT2D eigenvalue weighted by molar-refractivity contribution is -0.171. The van der Waals surface area contributed by atoms with Crippen molar-refractivity contribution < 1.29 is 19.8 Å². The van der Waals surface area contributed by atoms with Crippen molar-refractivity contribution in [2.45, 2.75) is 119 Å². The fourth-order valence-electron chi connectivity index (χ4n) is 6.30. The molecule has 0 saturated heterocycles. The van der Waals surface area contributed by atoms with Crippen LogP contribution in [-0.2, 0) is 9.59 Å². The predicted octanol–water partition coefficient (Wildman–Crippen LogP) is 7.41. The fraction of sp³-hybridized carbons (Fsp3) is 0.923. The minimum Gasteiger partial charge on any atom is -0.481 e. The average Bonchev–Trinajstić information content (AvgIpc) is 2.86. The van der Waals surface area contributed by atoms with Gasteiger partial charge in [-0.3, -0.25) is 9.59 Å². The first-order valence-electron chi connectivity index (χ1n) is 12.4. The van der Waals surface area contributed by atoms with Gasteiger partial charge in [0.1, 0.15) is 0 Å². The van der Waals surface area contributed by atoms with Gasteiger partial charge in [0.2, 0.25) is 0 Å². The number of unbranched alkanes of at least 4 members (excludes halogenated alkanes) is 2. The number of carboxylic acid groups (broad SMARTS) is 2. The van der Waals surface area contributed by atoms with Crippen LogP contribution in [0.3, 0.4) is 0 Å². The van der Waals surface area contributed by atoms with Gasteiger partial charge < -0.3 is 10.2 Å². The van der Waals surface area contributed by atoms with Crippen LogP contribution in [0.4, 0.5) is 0 Å². The molecule has 0 radical (unpaired) electrons. The van der Waals surface area contributed by atoms with Crippen LogP contribution in [0.2, 0.25) is 0 Å². The molecule has 0 bridgehead atoms. The Morgan fingerprint density at radius 2 is 1.37 bits per heavy atom. The van der Waals surface area contributed by atoms with Gasteiger partial charge in [0.15, 0.2) is 0 Å². The summed E-state index contributed by atoms with van der Waals surface area (Å²) in [7, 11) is 0. The maximum absolute atomic E-state index is 13.1. The normalized spacial score (nSPS) is 30.2. The highest BCUT2D eigenvalue weighted by Crippen LogP contribution is 2.69. The van der Waals surface area contributed by atoms with E-state index in [1.54, 1.807) is 6.92 Å². The van der Waals surface area contributed by atoms with E-state index < -0.39 is 28.2 Å².